The Kier molecular flexibility index (Phi) is 16.8. The molecule has 0 radical (unpaired) electrons. The third kappa shape index (κ3) is 11.3. The highest BCUT2D eigenvalue weighted by atomic mass is 16.8. The van der Waals surface area contributed by atoms with Crippen LogP contribution in [-0.4, -0.2) is 82.7 Å². The smallest absolute Gasteiger partial charge is 0.269 e. The molecule has 1 saturated heterocycles. The minimum atomic E-state index is -1.44. The maximum absolute atomic E-state index is 14.9. The highest BCUT2D eigenvalue weighted by Gasteiger charge is 2.65. The Morgan fingerprint density at radius 1 is 0.942 bits per heavy atom. The van der Waals surface area contributed by atoms with Crippen LogP contribution in [0.1, 0.15) is 94.6 Å². The first-order valence-corrected chi connectivity index (χ1v) is 24.7. The molecule has 0 bridgehead atoms. The van der Waals surface area contributed by atoms with E-state index in [4.69, 9.17) is 28.9 Å². The van der Waals surface area contributed by atoms with Gasteiger partial charge in [0.15, 0.2) is 0 Å². The van der Waals surface area contributed by atoms with Crippen molar-refractivity contribution in [3.05, 3.63) is 149 Å². The molecule has 0 spiro atoms. The van der Waals surface area contributed by atoms with Gasteiger partial charge in [0.05, 0.1) is 29.8 Å². The molecule has 2 aliphatic carbocycles. The van der Waals surface area contributed by atoms with Gasteiger partial charge in [-0.1, -0.05) is 79.5 Å². The molecular weight excluding hydrogens is 875 g/mol. The molecule has 0 aromatic heterocycles. The summed E-state index contributed by atoms with van der Waals surface area (Å²) in [7, 11) is 0. The number of hydrogen-bond donors (Lipinski definition) is 2. The summed E-state index contributed by atoms with van der Waals surface area (Å²) in [6.45, 7) is 7.32. The molecule has 2 aliphatic heterocycles. The number of benzene rings is 4. The number of oxime groups is 1. The Bertz CT molecular complexity index is 2450. The minimum Gasteiger partial charge on any atom is -0.459 e. The number of aliphatic hydroxyl groups is 2. The van der Waals surface area contributed by atoms with Gasteiger partial charge in [-0.15, -0.1) is 6.58 Å². The van der Waals surface area contributed by atoms with E-state index in [0.717, 1.165) is 60.8 Å². The number of nitro groups is 1. The van der Waals surface area contributed by atoms with Crippen molar-refractivity contribution in [1.29, 1.82) is 0 Å². The Labute approximate surface area is 405 Å². The first kappa shape index (κ1) is 49.3. The van der Waals surface area contributed by atoms with E-state index in [9.17, 15) is 25.1 Å². The molecule has 1 saturated carbocycles. The molecule has 13 heteroatoms. The van der Waals surface area contributed by atoms with Gasteiger partial charge >= 0.3 is 0 Å². The lowest BCUT2D eigenvalue weighted by Crippen LogP contribution is -2.70. The van der Waals surface area contributed by atoms with Crippen LogP contribution >= 0.6 is 0 Å². The van der Waals surface area contributed by atoms with Crippen LogP contribution in [0.4, 0.5) is 5.69 Å². The summed E-state index contributed by atoms with van der Waals surface area (Å²) in [5.41, 5.74) is 5.37. The molecule has 69 heavy (non-hydrogen) atoms. The second-order valence-corrected chi connectivity index (χ2v) is 18.4. The van der Waals surface area contributed by atoms with E-state index in [2.05, 4.69) is 43.0 Å². The molecule has 4 aromatic carbocycles. The van der Waals surface area contributed by atoms with Crippen molar-refractivity contribution in [3.63, 3.8) is 0 Å². The molecular formula is C56H65N3O10. The highest BCUT2D eigenvalue weighted by molar-refractivity contribution is 6.03. The number of hydrogen-bond acceptors (Lipinski definition) is 11. The van der Waals surface area contributed by atoms with Crippen LogP contribution < -0.4 is 9.47 Å². The van der Waals surface area contributed by atoms with Crippen LogP contribution in [-0.2, 0) is 19.1 Å². The number of unbranched alkanes of at least 4 members (excludes halogenated alkanes) is 2. The van der Waals surface area contributed by atoms with Gasteiger partial charge in [-0.2, -0.15) is 0 Å². The normalized spacial score (nSPS) is 24.4. The van der Waals surface area contributed by atoms with E-state index < -0.39 is 29.0 Å². The lowest BCUT2D eigenvalue weighted by Gasteiger charge is -2.60. The molecule has 7 atom stereocenters. The maximum atomic E-state index is 14.9. The van der Waals surface area contributed by atoms with Crippen molar-refractivity contribution in [2.24, 2.45) is 22.9 Å². The van der Waals surface area contributed by atoms with Gasteiger partial charge in [0.1, 0.15) is 23.3 Å². The zero-order valence-corrected chi connectivity index (χ0v) is 39.5. The van der Waals surface area contributed by atoms with E-state index in [-0.39, 0.29) is 55.6 Å². The van der Waals surface area contributed by atoms with Crippen molar-refractivity contribution in [3.8, 4) is 28.4 Å². The molecule has 2 N–H and O–H groups in total. The molecule has 4 aromatic rings. The average molecular weight is 940 g/mol. The predicted octanol–water partition coefficient (Wildman–Crippen LogP) is 11.2. The quantitative estimate of drug-likeness (QED) is 0.0255. The van der Waals surface area contributed by atoms with Crippen LogP contribution in [0.25, 0.3) is 17.2 Å². The first-order valence-electron chi connectivity index (χ1n) is 24.7. The number of amides is 1. The summed E-state index contributed by atoms with van der Waals surface area (Å²) in [6.07, 6.45) is 14.7. The molecule has 13 nitrogen and oxygen atoms in total. The third-order valence-electron chi connectivity index (χ3n) is 13.9. The highest BCUT2D eigenvalue weighted by Crippen LogP contribution is 2.62. The van der Waals surface area contributed by atoms with Crippen molar-refractivity contribution >= 4 is 23.4 Å². The van der Waals surface area contributed by atoms with E-state index in [1.165, 1.54) is 18.2 Å². The predicted molar refractivity (Wildman–Crippen MR) is 266 cm³/mol. The van der Waals surface area contributed by atoms with Crippen molar-refractivity contribution < 1.29 is 43.7 Å². The van der Waals surface area contributed by atoms with E-state index in [1.54, 1.807) is 24.3 Å². The number of nitro benzene ring substituents is 1. The topological polar surface area (TPSA) is 162 Å². The molecule has 8 rings (SSSR count). The van der Waals surface area contributed by atoms with Gasteiger partial charge in [0.25, 0.3) is 5.69 Å². The molecule has 364 valence electrons. The minimum absolute atomic E-state index is 0.0266. The molecule has 7 unspecified atom stereocenters. The SMILES string of the molecule is C=CCOC12Oc3ccc(Oc4ccc(-c5ccccc5)cc4)cc3C3C(CCCCO)C(CCCCO)C=C(C(=NOC4CCCCO4)CC1N(CCC)C(=O)C=Cc1ccc([N+](=O)[O-])cc1)C32. The summed E-state index contributed by atoms with van der Waals surface area (Å²) in [4.78, 5) is 33.9. The summed E-state index contributed by atoms with van der Waals surface area (Å²) < 4.78 is 27.2. The fourth-order valence-corrected chi connectivity index (χ4v) is 10.7. The Morgan fingerprint density at radius 2 is 1.68 bits per heavy atom. The van der Waals surface area contributed by atoms with Crippen molar-refractivity contribution in [2.45, 2.75) is 102 Å². The zero-order chi connectivity index (χ0) is 48.2. The number of fused-ring (bicyclic) bond motifs is 2. The van der Waals surface area contributed by atoms with Crippen LogP contribution in [0.5, 0.6) is 17.2 Å². The van der Waals surface area contributed by atoms with Gasteiger partial charge in [-0.05, 0) is 128 Å². The second-order valence-electron chi connectivity index (χ2n) is 18.4. The molecule has 4 aliphatic rings. The molecule has 1 amide bonds. The Morgan fingerprint density at radius 3 is 2.38 bits per heavy atom. The van der Waals surface area contributed by atoms with E-state index >= 15 is 0 Å². The lowest BCUT2D eigenvalue weighted by atomic mass is 9.55. The lowest BCUT2D eigenvalue weighted by molar-refractivity contribution is -0.384. The second kappa shape index (κ2) is 23.5. The van der Waals surface area contributed by atoms with Crippen LogP contribution in [0.2, 0.25) is 0 Å². The third-order valence-corrected chi connectivity index (χ3v) is 13.9. The number of carbonyl (C=O) groups is 1. The summed E-state index contributed by atoms with van der Waals surface area (Å²) in [5.74, 6) is -0.437. The molecule has 2 heterocycles. The maximum Gasteiger partial charge on any atom is 0.269 e. The first-order chi connectivity index (χ1) is 33.8. The monoisotopic (exact) mass is 939 g/mol. The largest absolute Gasteiger partial charge is 0.459 e. The van der Waals surface area contributed by atoms with Crippen LogP contribution in [0.15, 0.2) is 133 Å². The molecule has 2 fully saturated rings. The zero-order valence-electron chi connectivity index (χ0n) is 39.5. The van der Waals surface area contributed by atoms with Crippen molar-refractivity contribution in [2.75, 3.05) is 33.0 Å². The fraction of sp³-hybridized carbons (Fsp3) is 0.429. The van der Waals surface area contributed by atoms with Crippen LogP contribution in [0, 0.1) is 27.9 Å². The Balaban J connectivity index is 1.27. The summed E-state index contributed by atoms with van der Waals surface area (Å²) in [6, 6.07) is 29.6. The Hall–Kier alpha value is -6.12. The number of ether oxygens (including phenoxy) is 4. The standard InChI is InChI=1S/C56H65N3O10/c1-3-31-58(52(62)30-21-39-19-24-43(25-20-39)59(63)64)51-38-49(57-69-53-18-10-13-35-65-53)47-36-42(16-8-11-32-60)46(17-9-12-33-61)54-48-37-45(28-29-50(48)68-56(51,55(47)54)66-34-4-2)67-44-26-22-41(23-27-44)40-14-6-5-7-15-40/h4-7,14-15,19-30,36-37,42,46,51,53-55,60-61H,2-3,8-13,16-18,31-35,38H2,1H3. The average Bonchev–Trinajstić information content (AvgIpc) is 3.38. The van der Waals surface area contributed by atoms with Gasteiger partial charge in [0.2, 0.25) is 18.0 Å². The number of nitrogens with zero attached hydrogens (tertiary/aromatic N) is 3. The number of carbonyl (C=O) groups excluding carboxylic acids is 1. The van der Waals surface area contributed by atoms with E-state index in [0.29, 0.717) is 67.4 Å². The summed E-state index contributed by atoms with van der Waals surface area (Å²) >= 11 is 0. The number of non-ortho nitro benzene ring substituents is 1. The van der Waals surface area contributed by atoms with Crippen molar-refractivity contribution in [1.82, 2.24) is 4.90 Å². The van der Waals surface area contributed by atoms with Gasteiger partial charge < -0.3 is 38.9 Å². The number of aliphatic hydroxyl groups excluding tert-OH is 2. The van der Waals surface area contributed by atoms with Gasteiger partial charge in [-0.25, -0.2) is 0 Å². The van der Waals surface area contributed by atoms with Gasteiger partial charge in [0, 0.05) is 62.3 Å². The van der Waals surface area contributed by atoms with E-state index in [1.807, 2.05) is 54.3 Å². The van der Waals surface area contributed by atoms with Crippen LogP contribution in [0.3, 0.4) is 0 Å². The summed E-state index contributed by atoms with van der Waals surface area (Å²) in [5, 5.41) is 36.4. The fourth-order valence-electron chi connectivity index (χ4n) is 10.7. The number of rotatable bonds is 22. The number of allylic oxidation sites excluding steroid dienone is 1. The van der Waals surface area contributed by atoms with Gasteiger partial charge in [-0.3, -0.25) is 14.9 Å².